The van der Waals surface area contributed by atoms with Gasteiger partial charge in [-0.3, -0.25) is 4.79 Å². The highest BCUT2D eigenvalue weighted by Gasteiger charge is 2.29. The third kappa shape index (κ3) is 4.11. The molecule has 1 saturated heterocycles. The molecule has 2 atom stereocenters. The number of hydrogen-bond acceptors (Lipinski definition) is 3. The van der Waals surface area contributed by atoms with Crippen molar-refractivity contribution in [2.75, 3.05) is 33.2 Å². The van der Waals surface area contributed by atoms with Crippen LogP contribution in [0, 0.1) is 5.92 Å². The Bertz CT molecular complexity index is 275. The van der Waals surface area contributed by atoms with E-state index in [-0.39, 0.29) is 24.4 Å². The van der Waals surface area contributed by atoms with Crippen molar-refractivity contribution >= 4 is 18.3 Å². The first-order chi connectivity index (χ1) is 8.16. The van der Waals surface area contributed by atoms with Crippen LogP contribution >= 0.6 is 12.4 Å². The van der Waals surface area contributed by atoms with Gasteiger partial charge in [0.25, 0.3) is 0 Å². The molecule has 1 heterocycles. The van der Waals surface area contributed by atoms with Crippen molar-refractivity contribution in [2.45, 2.75) is 38.1 Å². The largest absolute Gasteiger partial charge is 0.341 e. The molecule has 2 unspecified atom stereocenters. The fourth-order valence-corrected chi connectivity index (χ4v) is 2.98. The molecule has 0 aromatic carbocycles. The van der Waals surface area contributed by atoms with E-state index in [1.165, 1.54) is 0 Å². The Morgan fingerprint density at radius 3 is 2.61 bits per heavy atom. The van der Waals surface area contributed by atoms with E-state index in [0.29, 0.717) is 5.91 Å². The Labute approximate surface area is 116 Å². The minimum Gasteiger partial charge on any atom is -0.341 e. The van der Waals surface area contributed by atoms with Gasteiger partial charge in [-0.05, 0) is 39.3 Å². The van der Waals surface area contributed by atoms with Gasteiger partial charge in [-0.1, -0.05) is 6.42 Å². The number of nitrogens with two attached hydrogens (primary N) is 1. The number of hydrogen-bond donors (Lipinski definition) is 1. The molecule has 0 spiro atoms. The van der Waals surface area contributed by atoms with Crippen LogP contribution in [0.5, 0.6) is 0 Å². The summed E-state index contributed by atoms with van der Waals surface area (Å²) in [6, 6.07) is 0.243. The predicted octanol–water partition coefficient (Wildman–Crippen LogP) is 1.09. The monoisotopic (exact) mass is 275 g/mol. The summed E-state index contributed by atoms with van der Waals surface area (Å²) in [6.45, 7) is 3.93. The van der Waals surface area contributed by atoms with E-state index >= 15 is 0 Å². The lowest BCUT2D eigenvalue weighted by Gasteiger charge is -2.30. The summed E-state index contributed by atoms with van der Waals surface area (Å²) in [4.78, 5) is 16.8. The quantitative estimate of drug-likeness (QED) is 0.779. The zero-order valence-electron chi connectivity index (χ0n) is 11.3. The van der Waals surface area contributed by atoms with Gasteiger partial charge in [0, 0.05) is 31.6 Å². The molecule has 18 heavy (non-hydrogen) atoms. The number of amides is 1. The lowest BCUT2D eigenvalue weighted by molar-refractivity contribution is -0.136. The Kier molecular flexibility index (Phi) is 6.39. The van der Waals surface area contributed by atoms with Gasteiger partial charge in [-0.25, -0.2) is 0 Å². The molecule has 2 aliphatic rings. The predicted molar refractivity (Wildman–Crippen MR) is 75.9 cm³/mol. The van der Waals surface area contributed by atoms with Crippen LogP contribution in [0.4, 0.5) is 0 Å². The molecule has 2 N–H and O–H groups in total. The Hall–Kier alpha value is -0.320. The number of carbonyl (C=O) groups excluding carboxylic acids is 1. The molecule has 0 bridgehead atoms. The molecule has 0 aromatic rings. The van der Waals surface area contributed by atoms with E-state index in [0.717, 1.165) is 58.3 Å². The van der Waals surface area contributed by atoms with E-state index in [1.54, 1.807) is 0 Å². The SMILES string of the molecule is CN1CCCN(C(=O)C2CCCC(N)C2)CC1.Cl. The van der Waals surface area contributed by atoms with Crippen molar-refractivity contribution in [3.8, 4) is 0 Å². The van der Waals surface area contributed by atoms with Crippen LogP contribution in [-0.2, 0) is 4.79 Å². The van der Waals surface area contributed by atoms with Crippen LogP contribution in [0.2, 0.25) is 0 Å². The summed E-state index contributed by atoms with van der Waals surface area (Å²) in [7, 11) is 2.13. The van der Waals surface area contributed by atoms with Crippen molar-refractivity contribution in [2.24, 2.45) is 11.7 Å². The maximum atomic E-state index is 12.4. The van der Waals surface area contributed by atoms with Gasteiger partial charge < -0.3 is 15.5 Å². The zero-order valence-corrected chi connectivity index (χ0v) is 12.1. The molecule has 0 aromatic heterocycles. The van der Waals surface area contributed by atoms with Gasteiger partial charge in [0.1, 0.15) is 0 Å². The third-order valence-electron chi connectivity index (χ3n) is 4.10. The second-order valence-electron chi connectivity index (χ2n) is 5.61. The van der Waals surface area contributed by atoms with Crippen molar-refractivity contribution < 1.29 is 4.79 Å². The number of halogens is 1. The number of nitrogens with zero attached hydrogens (tertiary/aromatic N) is 2. The van der Waals surface area contributed by atoms with E-state index in [4.69, 9.17) is 5.73 Å². The van der Waals surface area contributed by atoms with Crippen molar-refractivity contribution in [3.05, 3.63) is 0 Å². The molecule has 2 fully saturated rings. The van der Waals surface area contributed by atoms with Gasteiger partial charge >= 0.3 is 0 Å². The molecule has 1 aliphatic carbocycles. The van der Waals surface area contributed by atoms with Crippen molar-refractivity contribution in [1.82, 2.24) is 9.80 Å². The lowest BCUT2D eigenvalue weighted by atomic mass is 9.85. The van der Waals surface area contributed by atoms with Crippen LogP contribution in [0.15, 0.2) is 0 Å². The number of likely N-dealkylation sites (N-methyl/N-ethyl adjacent to an activating group) is 1. The fourth-order valence-electron chi connectivity index (χ4n) is 2.98. The van der Waals surface area contributed by atoms with Crippen LogP contribution in [-0.4, -0.2) is 55.0 Å². The average molecular weight is 276 g/mol. The van der Waals surface area contributed by atoms with E-state index < -0.39 is 0 Å². The van der Waals surface area contributed by atoms with Gasteiger partial charge in [0.2, 0.25) is 5.91 Å². The Balaban J connectivity index is 0.00000162. The van der Waals surface area contributed by atoms with Crippen molar-refractivity contribution in [3.63, 3.8) is 0 Å². The summed E-state index contributed by atoms with van der Waals surface area (Å²) in [5.41, 5.74) is 5.97. The summed E-state index contributed by atoms with van der Waals surface area (Å²) in [5, 5.41) is 0. The summed E-state index contributed by atoms with van der Waals surface area (Å²) < 4.78 is 0. The number of carbonyl (C=O) groups is 1. The van der Waals surface area contributed by atoms with Gasteiger partial charge in [-0.15, -0.1) is 12.4 Å². The minimum absolute atomic E-state index is 0. The second kappa shape index (κ2) is 7.31. The van der Waals surface area contributed by atoms with Crippen molar-refractivity contribution in [1.29, 1.82) is 0 Å². The van der Waals surface area contributed by atoms with E-state index in [1.807, 2.05) is 0 Å². The van der Waals surface area contributed by atoms with E-state index in [2.05, 4.69) is 16.8 Å². The summed E-state index contributed by atoms with van der Waals surface area (Å²) in [5.74, 6) is 0.553. The van der Waals surface area contributed by atoms with Crippen LogP contribution in [0.3, 0.4) is 0 Å². The van der Waals surface area contributed by atoms with E-state index in [9.17, 15) is 4.79 Å². The first-order valence-electron chi connectivity index (χ1n) is 6.89. The first kappa shape index (κ1) is 15.7. The molecule has 2 rings (SSSR count). The van der Waals surface area contributed by atoms with Crippen LogP contribution < -0.4 is 5.73 Å². The summed E-state index contributed by atoms with van der Waals surface area (Å²) in [6.07, 6.45) is 5.24. The number of rotatable bonds is 1. The third-order valence-corrected chi connectivity index (χ3v) is 4.10. The Morgan fingerprint density at radius 2 is 1.89 bits per heavy atom. The molecular weight excluding hydrogens is 250 g/mol. The maximum absolute atomic E-state index is 12.4. The average Bonchev–Trinajstić information content (AvgIpc) is 2.53. The highest BCUT2D eigenvalue weighted by Crippen LogP contribution is 2.25. The fraction of sp³-hybridized carbons (Fsp3) is 0.923. The first-order valence-corrected chi connectivity index (χ1v) is 6.89. The molecule has 0 radical (unpaired) electrons. The summed E-state index contributed by atoms with van der Waals surface area (Å²) >= 11 is 0. The van der Waals surface area contributed by atoms with Gasteiger partial charge in [0.05, 0.1) is 0 Å². The maximum Gasteiger partial charge on any atom is 0.225 e. The molecule has 5 heteroatoms. The highest BCUT2D eigenvalue weighted by molar-refractivity contribution is 5.85. The Morgan fingerprint density at radius 1 is 1.11 bits per heavy atom. The second-order valence-corrected chi connectivity index (χ2v) is 5.61. The minimum atomic E-state index is 0. The van der Waals surface area contributed by atoms with Gasteiger partial charge in [0.15, 0.2) is 0 Å². The lowest BCUT2D eigenvalue weighted by Crippen LogP contribution is -2.42. The standard InChI is InChI=1S/C13H25N3O.ClH/c1-15-6-3-7-16(9-8-15)13(17)11-4-2-5-12(14)10-11;/h11-12H,2-10,14H2,1H3;1H. The van der Waals surface area contributed by atoms with Crippen LogP contribution in [0.25, 0.3) is 0 Å². The molecule has 4 nitrogen and oxygen atoms in total. The highest BCUT2D eigenvalue weighted by atomic mass is 35.5. The normalized spacial score (nSPS) is 30.4. The van der Waals surface area contributed by atoms with Crippen LogP contribution in [0.1, 0.15) is 32.1 Å². The molecule has 1 aliphatic heterocycles. The zero-order chi connectivity index (χ0) is 12.3. The van der Waals surface area contributed by atoms with Gasteiger partial charge in [-0.2, -0.15) is 0 Å². The molecule has 1 amide bonds. The molecular formula is C13H26ClN3O. The molecule has 1 saturated carbocycles. The molecule has 106 valence electrons. The smallest absolute Gasteiger partial charge is 0.225 e. The topological polar surface area (TPSA) is 49.6 Å².